The summed E-state index contributed by atoms with van der Waals surface area (Å²) in [4.78, 5) is 23.5. The first kappa shape index (κ1) is 15.8. The van der Waals surface area contributed by atoms with Crippen molar-refractivity contribution in [1.82, 2.24) is 24.4 Å². The van der Waals surface area contributed by atoms with Gasteiger partial charge in [-0.15, -0.1) is 0 Å². The van der Waals surface area contributed by atoms with Crippen LogP contribution in [0.3, 0.4) is 0 Å². The lowest BCUT2D eigenvalue weighted by atomic mass is 10.2. The molecule has 2 atom stereocenters. The number of hydrogen-bond donors (Lipinski definition) is 0. The van der Waals surface area contributed by atoms with Crippen molar-refractivity contribution in [3.63, 3.8) is 0 Å². The molecule has 1 amide bonds. The first-order chi connectivity index (χ1) is 12.1. The van der Waals surface area contributed by atoms with E-state index in [1.807, 2.05) is 29.5 Å². The summed E-state index contributed by atoms with van der Waals surface area (Å²) in [5.74, 6) is 0.820. The normalized spacial score (nSPS) is 20.5. The summed E-state index contributed by atoms with van der Waals surface area (Å²) in [7, 11) is 1.64. The van der Waals surface area contributed by atoms with Crippen LogP contribution in [0.1, 0.15) is 40.4 Å². The lowest BCUT2D eigenvalue weighted by Gasteiger charge is -2.20. The molecule has 8 heteroatoms. The van der Waals surface area contributed by atoms with Crippen LogP contribution in [0.4, 0.5) is 0 Å². The molecule has 4 heterocycles. The predicted octanol–water partition coefficient (Wildman–Crippen LogP) is 1.94. The Morgan fingerprint density at radius 1 is 1.32 bits per heavy atom. The highest BCUT2D eigenvalue weighted by Gasteiger charge is 2.40. The zero-order chi connectivity index (χ0) is 17.6. The molecule has 25 heavy (non-hydrogen) atoms. The molecule has 0 saturated carbocycles. The van der Waals surface area contributed by atoms with Gasteiger partial charge >= 0.3 is 0 Å². The smallest absolute Gasteiger partial charge is 0.274 e. The molecule has 8 nitrogen and oxygen atoms in total. The van der Waals surface area contributed by atoms with Gasteiger partial charge in [-0.25, -0.2) is 4.98 Å². The van der Waals surface area contributed by atoms with E-state index in [1.54, 1.807) is 25.1 Å². The maximum absolute atomic E-state index is 13.1. The van der Waals surface area contributed by atoms with E-state index in [0.29, 0.717) is 30.4 Å². The second-order valence-corrected chi connectivity index (χ2v) is 6.27. The Labute approximate surface area is 144 Å². The van der Waals surface area contributed by atoms with Crippen LogP contribution in [-0.2, 0) is 4.74 Å². The maximum atomic E-state index is 13.1. The highest BCUT2D eigenvalue weighted by molar-refractivity contribution is 5.93. The van der Waals surface area contributed by atoms with E-state index in [-0.39, 0.29) is 18.1 Å². The van der Waals surface area contributed by atoms with E-state index in [4.69, 9.17) is 9.26 Å². The molecule has 0 unspecified atom stereocenters. The summed E-state index contributed by atoms with van der Waals surface area (Å²) in [6.07, 6.45) is 2.32. The number of methoxy groups -OCH3 is 1. The summed E-state index contributed by atoms with van der Waals surface area (Å²) in [6.45, 7) is 4.20. The number of ether oxygens (including phenoxy) is 1. The highest BCUT2D eigenvalue weighted by atomic mass is 16.5. The number of aryl methyl sites for hydroxylation is 2. The van der Waals surface area contributed by atoms with Crippen molar-refractivity contribution in [2.75, 3.05) is 13.7 Å². The van der Waals surface area contributed by atoms with Crippen LogP contribution in [0.25, 0.3) is 5.65 Å². The van der Waals surface area contributed by atoms with Gasteiger partial charge in [-0.05, 0) is 26.0 Å². The van der Waals surface area contributed by atoms with Gasteiger partial charge in [-0.3, -0.25) is 4.79 Å². The molecule has 0 radical (unpaired) electrons. The van der Waals surface area contributed by atoms with Gasteiger partial charge in [0.05, 0.1) is 6.10 Å². The molecule has 1 fully saturated rings. The molecule has 0 spiro atoms. The van der Waals surface area contributed by atoms with Crippen LogP contribution in [-0.4, -0.2) is 50.1 Å². The van der Waals surface area contributed by atoms with Crippen LogP contribution in [0.15, 0.2) is 28.9 Å². The molecular formula is C17H19N5O3. The summed E-state index contributed by atoms with van der Waals surface area (Å²) in [5, 5.41) is 3.84. The number of nitrogens with zero attached hydrogens (tertiary/aromatic N) is 5. The number of likely N-dealkylation sites (tertiary alicyclic amines) is 1. The summed E-state index contributed by atoms with van der Waals surface area (Å²) >= 11 is 0. The first-order valence-electron chi connectivity index (χ1n) is 8.15. The Hall–Kier alpha value is -2.74. The Balaban J connectivity index is 1.69. The van der Waals surface area contributed by atoms with Crippen molar-refractivity contribution in [3.8, 4) is 0 Å². The van der Waals surface area contributed by atoms with Gasteiger partial charge < -0.3 is 18.6 Å². The van der Waals surface area contributed by atoms with Crippen molar-refractivity contribution >= 4 is 11.6 Å². The zero-order valence-corrected chi connectivity index (χ0v) is 14.3. The second-order valence-electron chi connectivity index (χ2n) is 6.27. The fourth-order valence-corrected chi connectivity index (χ4v) is 3.27. The minimum atomic E-state index is -0.301. The fraction of sp³-hybridized carbons (Fsp3) is 0.412. The van der Waals surface area contributed by atoms with E-state index in [0.717, 1.165) is 11.3 Å². The average Bonchev–Trinajstić information content (AvgIpc) is 3.31. The largest absolute Gasteiger partial charge is 0.380 e. The molecule has 0 bridgehead atoms. The lowest BCUT2D eigenvalue weighted by Crippen LogP contribution is -2.32. The topological polar surface area (TPSA) is 85.8 Å². The van der Waals surface area contributed by atoms with Crippen LogP contribution in [0, 0.1) is 13.8 Å². The number of amides is 1. The predicted molar refractivity (Wildman–Crippen MR) is 88.2 cm³/mol. The van der Waals surface area contributed by atoms with E-state index in [2.05, 4.69) is 15.1 Å². The van der Waals surface area contributed by atoms with Crippen molar-refractivity contribution in [1.29, 1.82) is 0 Å². The molecule has 130 valence electrons. The van der Waals surface area contributed by atoms with Gasteiger partial charge in [0.15, 0.2) is 5.82 Å². The molecule has 1 aliphatic rings. The minimum absolute atomic E-state index is 0.0695. The monoisotopic (exact) mass is 341 g/mol. The molecule has 0 aromatic carbocycles. The van der Waals surface area contributed by atoms with Gasteiger partial charge in [0, 0.05) is 32.0 Å². The number of fused-ring (bicyclic) bond motifs is 1. The molecule has 1 aliphatic heterocycles. The molecule has 3 aromatic heterocycles. The van der Waals surface area contributed by atoms with Gasteiger partial charge in [0.2, 0.25) is 5.89 Å². The maximum Gasteiger partial charge on any atom is 0.274 e. The summed E-state index contributed by atoms with van der Waals surface area (Å²) < 4.78 is 12.7. The summed E-state index contributed by atoms with van der Waals surface area (Å²) in [5.41, 5.74) is 2.16. The Morgan fingerprint density at radius 2 is 2.16 bits per heavy atom. The van der Waals surface area contributed by atoms with E-state index in [9.17, 15) is 4.79 Å². The molecule has 3 aromatic rings. The molecule has 0 aliphatic carbocycles. The number of carbonyl (C=O) groups is 1. The van der Waals surface area contributed by atoms with E-state index < -0.39 is 0 Å². The highest BCUT2D eigenvalue weighted by Crippen LogP contribution is 2.33. The quantitative estimate of drug-likeness (QED) is 0.724. The van der Waals surface area contributed by atoms with Gasteiger partial charge in [-0.1, -0.05) is 11.2 Å². The lowest BCUT2D eigenvalue weighted by molar-refractivity contribution is 0.0666. The van der Waals surface area contributed by atoms with Crippen molar-refractivity contribution in [3.05, 3.63) is 47.5 Å². The van der Waals surface area contributed by atoms with Gasteiger partial charge in [0.25, 0.3) is 5.91 Å². The third kappa shape index (κ3) is 2.68. The Morgan fingerprint density at radius 3 is 2.84 bits per heavy atom. The number of carbonyl (C=O) groups excluding carboxylic acids is 1. The Kier molecular flexibility index (Phi) is 3.76. The van der Waals surface area contributed by atoms with Crippen LogP contribution < -0.4 is 0 Å². The van der Waals surface area contributed by atoms with Gasteiger partial charge in [-0.2, -0.15) is 4.98 Å². The minimum Gasteiger partial charge on any atom is -0.380 e. The zero-order valence-electron chi connectivity index (χ0n) is 14.3. The number of aromatic nitrogens is 4. The van der Waals surface area contributed by atoms with Crippen molar-refractivity contribution in [2.24, 2.45) is 0 Å². The third-order valence-corrected chi connectivity index (χ3v) is 4.60. The fourth-order valence-electron chi connectivity index (χ4n) is 3.27. The summed E-state index contributed by atoms with van der Waals surface area (Å²) in [6, 6.07) is 5.48. The molecule has 0 N–H and O–H groups in total. The van der Waals surface area contributed by atoms with Crippen LogP contribution >= 0.6 is 0 Å². The molecular weight excluding hydrogens is 322 g/mol. The molecule has 4 rings (SSSR count). The number of pyridine rings is 1. The van der Waals surface area contributed by atoms with Gasteiger partial charge in [0.1, 0.15) is 17.4 Å². The third-order valence-electron chi connectivity index (χ3n) is 4.60. The van der Waals surface area contributed by atoms with E-state index >= 15 is 0 Å². The van der Waals surface area contributed by atoms with Crippen molar-refractivity contribution in [2.45, 2.75) is 32.4 Å². The molecule has 1 saturated heterocycles. The SMILES string of the molecule is CO[C@@H]1C[C@H](c2nc(C)no2)N(C(=O)c2cn3c(C)cccc3n2)C1. The first-order valence-corrected chi connectivity index (χ1v) is 8.15. The van der Waals surface area contributed by atoms with Crippen LogP contribution in [0.5, 0.6) is 0 Å². The standard InChI is InChI=1S/C17H19N5O3/c1-10-5-4-6-15-19-13(9-21(10)15)17(23)22-8-12(24-3)7-14(22)16-18-11(2)20-25-16/h4-6,9,12,14H,7-8H2,1-3H3/t12-,14-/m1/s1. The van der Waals surface area contributed by atoms with Crippen LogP contribution in [0.2, 0.25) is 0 Å². The number of hydrogen-bond acceptors (Lipinski definition) is 6. The number of imidazole rings is 1. The number of rotatable bonds is 3. The second kappa shape index (κ2) is 5.96. The van der Waals surface area contributed by atoms with Crippen molar-refractivity contribution < 1.29 is 14.1 Å². The van der Waals surface area contributed by atoms with E-state index in [1.165, 1.54) is 0 Å². The Bertz CT molecular complexity index is 931. The average molecular weight is 341 g/mol.